The molecule has 1 saturated heterocycles. The molecule has 0 aromatic rings. The van der Waals surface area contributed by atoms with Crippen molar-refractivity contribution in [3.8, 4) is 0 Å². The summed E-state index contributed by atoms with van der Waals surface area (Å²) in [6.45, 7) is 7.18. The maximum Gasteiger partial charge on any atom is 0.555 e. The van der Waals surface area contributed by atoms with Gasteiger partial charge in [-0.1, -0.05) is 20.8 Å². The summed E-state index contributed by atoms with van der Waals surface area (Å²) < 4.78 is 11.2. The summed E-state index contributed by atoms with van der Waals surface area (Å²) in [5, 5.41) is 3.47. The highest BCUT2D eigenvalue weighted by molar-refractivity contribution is 6.42. The zero-order chi connectivity index (χ0) is 10.8. The summed E-state index contributed by atoms with van der Waals surface area (Å²) in [7, 11) is 1.52. The van der Waals surface area contributed by atoms with E-state index in [0.717, 1.165) is 5.92 Å². The van der Waals surface area contributed by atoms with E-state index in [-0.39, 0.29) is 7.25 Å². The Bertz CT molecular complexity index is 296. The van der Waals surface area contributed by atoms with Gasteiger partial charge in [0.25, 0.3) is 0 Å². The van der Waals surface area contributed by atoms with E-state index in [1.807, 2.05) is 0 Å². The second kappa shape index (κ2) is 2.79. The second-order valence-corrected chi connectivity index (χ2v) is 6.10. The average Bonchev–Trinajstić information content (AvgIpc) is 2.74. The Hall–Kier alpha value is -0.0551. The van der Waals surface area contributed by atoms with Crippen molar-refractivity contribution in [1.29, 1.82) is 0 Å². The lowest BCUT2D eigenvalue weighted by molar-refractivity contribution is 0.0255. The summed E-state index contributed by atoms with van der Waals surface area (Å²) in [6, 6.07) is 0.503. The minimum atomic E-state index is -0.184. The topological polar surface area (TPSA) is 30.5 Å². The Kier molecular flexibility index (Phi) is 1.88. The molecule has 0 amide bonds. The van der Waals surface area contributed by atoms with Gasteiger partial charge in [-0.15, -0.1) is 0 Å². The van der Waals surface area contributed by atoms with Crippen LogP contribution in [0.3, 0.4) is 0 Å². The normalized spacial score (nSPS) is 51.2. The number of nitrogens with one attached hydrogen (secondary N) is 1. The minimum absolute atomic E-state index is 0.184. The summed E-state index contributed by atoms with van der Waals surface area (Å²) >= 11 is 0. The molecule has 15 heavy (non-hydrogen) atoms. The Morgan fingerprint density at radius 2 is 2.13 bits per heavy atom. The maximum absolute atomic E-state index is 5.97. The molecular formula is C11H20BNO2. The van der Waals surface area contributed by atoms with Crippen LogP contribution >= 0.6 is 0 Å². The molecule has 3 nitrogen and oxygen atoms in total. The predicted octanol–water partition coefficient (Wildman–Crippen LogP) is 1.43. The van der Waals surface area contributed by atoms with E-state index < -0.39 is 0 Å². The lowest BCUT2D eigenvalue weighted by atomic mass is 9.70. The van der Waals surface area contributed by atoms with Crippen molar-refractivity contribution in [2.24, 2.45) is 16.7 Å². The average molecular weight is 209 g/mol. The molecule has 3 rings (SSSR count). The monoisotopic (exact) mass is 209 g/mol. The van der Waals surface area contributed by atoms with Gasteiger partial charge in [0, 0.05) is 13.2 Å². The lowest BCUT2D eigenvalue weighted by Gasteiger charge is -2.38. The highest BCUT2D eigenvalue weighted by Gasteiger charge is 2.69. The molecule has 84 valence electrons. The molecule has 0 unspecified atom stereocenters. The van der Waals surface area contributed by atoms with Crippen molar-refractivity contribution in [1.82, 2.24) is 5.23 Å². The molecule has 2 aliphatic carbocycles. The number of rotatable bonds is 1. The summed E-state index contributed by atoms with van der Waals surface area (Å²) in [4.78, 5) is 0. The van der Waals surface area contributed by atoms with Crippen LogP contribution in [0.15, 0.2) is 0 Å². The molecule has 4 atom stereocenters. The molecule has 1 aliphatic heterocycles. The van der Waals surface area contributed by atoms with Crippen molar-refractivity contribution in [2.75, 3.05) is 7.11 Å². The fraction of sp³-hybridized carbons (Fsp3) is 1.00. The van der Waals surface area contributed by atoms with Gasteiger partial charge in [0.2, 0.25) is 0 Å². The van der Waals surface area contributed by atoms with Crippen LogP contribution in [0.1, 0.15) is 33.6 Å². The van der Waals surface area contributed by atoms with Crippen LogP contribution < -0.4 is 5.23 Å². The van der Waals surface area contributed by atoms with Crippen LogP contribution in [0.2, 0.25) is 0 Å². The molecule has 0 spiro atoms. The number of hydrogen-bond donors (Lipinski definition) is 1. The van der Waals surface area contributed by atoms with Crippen molar-refractivity contribution in [3.05, 3.63) is 0 Å². The summed E-state index contributed by atoms with van der Waals surface area (Å²) in [5.41, 5.74) is 0.719. The molecule has 2 bridgehead atoms. The third-order valence-corrected chi connectivity index (χ3v) is 5.57. The van der Waals surface area contributed by atoms with E-state index in [0.29, 0.717) is 23.0 Å². The highest BCUT2D eigenvalue weighted by atomic mass is 16.6. The third-order valence-electron chi connectivity index (χ3n) is 5.57. The van der Waals surface area contributed by atoms with Gasteiger partial charge < -0.3 is 9.31 Å². The van der Waals surface area contributed by atoms with Crippen LogP contribution in [0.5, 0.6) is 0 Å². The summed E-state index contributed by atoms with van der Waals surface area (Å²) in [5.74, 6) is 0.743. The van der Waals surface area contributed by atoms with Gasteiger partial charge >= 0.3 is 7.25 Å². The SMILES string of the molecule is COB1N[C@H]2[C@@H](O1)[C@@]1(C)CC[C@@H]2C1(C)C. The van der Waals surface area contributed by atoms with Crippen LogP contribution in [-0.2, 0) is 9.31 Å². The Morgan fingerprint density at radius 3 is 2.73 bits per heavy atom. The van der Waals surface area contributed by atoms with Crippen LogP contribution in [-0.4, -0.2) is 26.5 Å². The zero-order valence-corrected chi connectivity index (χ0v) is 10.0. The van der Waals surface area contributed by atoms with Crippen LogP contribution in [0, 0.1) is 16.7 Å². The minimum Gasteiger partial charge on any atom is -0.400 e. The van der Waals surface area contributed by atoms with Crippen molar-refractivity contribution in [3.63, 3.8) is 0 Å². The number of fused-ring (bicyclic) bond motifs is 5. The first-order valence-corrected chi connectivity index (χ1v) is 5.95. The maximum atomic E-state index is 5.97. The molecule has 1 N–H and O–H groups in total. The number of hydrogen-bond acceptors (Lipinski definition) is 3. The van der Waals surface area contributed by atoms with Crippen LogP contribution in [0.25, 0.3) is 0 Å². The standard InChI is InChI=1S/C11H20BNO2/c1-10(2)7-5-6-11(10,3)9-8(7)13-12(14-4)15-9/h7-9,13H,5-6H2,1-4H3/t7-,8+,9+,11+/m0/s1. The van der Waals surface area contributed by atoms with E-state index in [1.54, 1.807) is 7.11 Å². The van der Waals surface area contributed by atoms with Gasteiger partial charge in [-0.25, -0.2) is 0 Å². The highest BCUT2D eigenvalue weighted by Crippen LogP contribution is 2.67. The van der Waals surface area contributed by atoms with Crippen molar-refractivity contribution >= 4 is 7.25 Å². The smallest absolute Gasteiger partial charge is 0.400 e. The van der Waals surface area contributed by atoms with E-state index in [4.69, 9.17) is 9.31 Å². The van der Waals surface area contributed by atoms with E-state index in [1.165, 1.54) is 12.8 Å². The lowest BCUT2D eigenvalue weighted by Crippen LogP contribution is -2.41. The van der Waals surface area contributed by atoms with Gasteiger partial charge in [-0.3, -0.25) is 5.23 Å². The first-order valence-electron chi connectivity index (χ1n) is 5.95. The van der Waals surface area contributed by atoms with Crippen molar-refractivity contribution in [2.45, 2.75) is 45.8 Å². The Labute approximate surface area is 92.1 Å². The first-order chi connectivity index (χ1) is 7.00. The van der Waals surface area contributed by atoms with Crippen molar-refractivity contribution < 1.29 is 9.31 Å². The van der Waals surface area contributed by atoms with E-state index in [2.05, 4.69) is 26.0 Å². The first kappa shape index (κ1) is 10.1. The largest absolute Gasteiger partial charge is 0.555 e. The van der Waals surface area contributed by atoms with Gasteiger partial charge in [-0.05, 0) is 29.6 Å². The predicted molar refractivity (Wildman–Crippen MR) is 59.2 cm³/mol. The van der Waals surface area contributed by atoms with Gasteiger partial charge in [0.05, 0.1) is 6.10 Å². The second-order valence-electron chi connectivity index (χ2n) is 6.10. The van der Waals surface area contributed by atoms with Gasteiger partial charge in [0.15, 0.2) is 0 Å². The van der Waals surface area contributed by atoms with Gasteiger partial charge in [-0.2, -0.15) is 0 Å². The molecule has 0 radical (unpaired) electrons. The molecular weight excluding hydrogens is 189 g/mol. The fourth-order valence-corrected chi connectivity index (χ4v) is 4.20. The molecule has 0 aromatic heterocycles. The van der Waals surface area contributed by atoms with Crippen LogP contribution in [0.4, 0.5) is 0 Å². The molecule has 3 fully saturated rings. The molecule has 0 aromatic carbocycles. The van der Waals surface area contributed by atoms with E-state index in [9.17, 15) is 0 Å². The molecule has 2 saturated carbocycles. The van der Waals surface area contributed by atoms with E-state index >= 15 is 0 Å². The van der Waals surface area contributed by atoms with Gasteiger partial charge in [0.1, 0.15) is 0 Å². The molecule has 1 heterocycles. The third kappa shape index (κ3) is 0.985. The Morgan fingerprint density at radius 1 is 1.40 bits per heavy atom. The Balaban J connectivity index is 1.94. The molecule has 4 heteroatoms. The quantitative estimate of drug-likeness (QED) is 0.662. The zero-order valence-electron chi connectivity index (χ0n) is 10.0. The fourth-order valence-electron chi connectivity index (χ4n) is 4.20. The molecule has 3 aliphatic rings. The summed E-state index contributed by atoms with van der Waals surface area (Å²) in [6.07, 6.45) is 2.97.